The molecule has 0 saturated carbocycles. The maximum absolute atomic E-state index is 10.7. The van der Waals surface area contributed by atoms with E-state index in [0.29, 0.717) is 10.7 Å². The Hall–Kier alpha value is -0.980. The summed E-state index contributed by atoms with van der Waals surface area (Å²) >= 11 is 5.85. The molecule has 0 atom stereocenters. The van der Waals surface area contributed by atoms with Gasteiger partial charge in [-0.15, -0.1) is 0 Å². The van der Waals surface area contributed by atoms with Gasteiger partial charge in [0.2, 0.25) is 10.0 Å². The van der Waals surface area contributed by atoms with E-state index in [2.05, 4.69) is 5.32 Å². The Balaban J connectivity index is 2.71. The van der Waals surface area contributed by atoms with Crippen molar-refractivity contribution < 1.29 is 8.42 Å². The first-order valence-corrected chi connectivity index (χ1v) is 6.69. The molecule has 0 spiro atoms. The molecular formula is C9H14ClN3O2S. The SMILES string of the molecule is Cc1cc(N)c(Cl)cc1NCCS(N)(=O)=O. The smallest absolute Gasteiger partial charge is 0.210 e. The van der Waals surface area contributed by atoms with Crippen LogP contribution >= 0.6 is 11.6 Å². The Labute approximate surface area is 99.8 Å². The van der Waals surface area contributed by atoms with Crippen LogP contribution in [0.5, 0.6) is 0 Å². The number of nitrogens with two attached hydrogens (primary N) is 2. The molecule has 0 fully saturated rings. The van der Waals surface area contributed by atoms with Crippen molar-refractivity contribution in [1.29, 1.82) is 0 Å². The maximum atomic E-state index is 10.7. The number of benzene rings is 1. The largest absolute Gasteiger partial charge is 0.398 e. The number of halogens is 1. The lowest BCUT2D eigenvalue weighted by Gasteiger charge is -2.10. The van der Waals surface area contributed by atoms with E-state index in [1.54, 1.807) is 12.1 Å². The Morgan fingerprint density at radius 1 is 1.44 bits per heavy atom. The van der Waals surface area contributed by atoms with Gasteiger partial charge >= 0.3 is 0 Å². The van der Waals surface area contributed by atoms with Crippen LogP contribution in [0.3, 0.4) is 0 Å². The number of nitrogen functional groups attached to an aromatic ring is 1. The van der Waals surface area contributed by atoms with Gasteiger partial charge in [0.1, 0.15) is 0 Å². The molecule has 0 radical (unpaired) electrons. The first kappa shape index (κ1) is 13.1. The van der Waals surface area contributed by atoms with Crippen molar-refractivity contribution >= 4 is 33.0 Å². The third-order valence-electron chi connectivity index (χ3n) is 2.05. The molecule has 5 N–H and O–H groups in total. The fourth-order valence-electron chi connectivity index (χ4n) is 1.22. The van der Waals surface area contributed by atoms with Crippen molar-refractivity contribution in [3.8, 4) is 0 Å². The van der Waals surface area contributed by atoms with E-state index >= 15 is 0 Å². The monoisotopic (exact) mass is 263 g/mol. The van der Waals surface area contributed by atoms with E-state index in [1.807, 2.05) is 6.92 Å². The van der Waals surface area contributed by atoms with Gasteiger partial charge < -0.3 is 11.1 Å². The summed E-state index contributed by atoms with van der Waals surface area (Å²) in [5.41, 5.74) is 7.76. The molecule has 0 aromatic heterocycles. The van der Waals surface area contributed by atoms with Crippen LogP contribution in [0.1, 0.15) is 5.56 Å². The minimum atomic E-state index is -3.45. The molecule has 0 heterocycles. The van der Waals surface area contributed by atoms with Crippen molar-refractivity contribution in [2.45, 2.75) is 6.92 Å². The summed E-state index contributed by atoms with van der Waals surface area (Å²) in [5, 5.41) is 8.25. The average Bonchev–Trinajstić information content (AvgIpc) is 2.11. The van der Waals surface area contributed by atoms with Crippen LogP contribution in [0.4, 0.5) is 11.4 Å². The molecule has 0 aliphatic heterocycles. The van der Waals surface area contributed by atoms with Crippen LogP contribution in [0.2, 0.25) is 5.02 Å². The zero-order valence-electron chi connectivity index (χ0n) is 8.83. The van der Waals surface area contributed by atoms with Gasteiger partial charge in [0.05, 0.1) is 16.5 Å². The molecule has 7 heteroatoms. The van der Waals surface area contributed by atoms with Gasteiger partial charge in [0.15, 0.2) is 0 Å². The van der Waals surface area contributed by atoms with Crippen molar-refractivity contribution in [2.24, 2.45) is 5.14 Å². The Morgan fingerprint density at radius 3 is 2.62 bits per heavy atom. The number of sulfonamides is 1. The van der Waals surface area contributed by atoms with Crippen LogP contribution in [-0.4, -0.2) is 20.7 Å². The summed E-state index contributed by atoms with van der Waals surface area (Å²) in [4.78, 5) is 0. The summed E-state index contributed by atoms with van der Waals surface area (Å²) in [7, 11) is -3.45. The van der Waals surface area contributed by atoms with Gasteiger partial charge in [-0.2, -0.15) is 0 Å². The summed E-state index contributed by atoms with van der Waals surface area (Å²) < 4.78 is 21.4. The first-order chi connectivity index (χ1) is 7.29. The van der Waals surface area contributed by atoms with E-state index in [-0.39, 0.29) is 12.3 Å². The van der Waals surface area contributed by atoms with Crippen molar-refractivity contribution in [2.75, 3.05) is 23.3 Å². The van der Waals surface area contributed by atoms with Crippen LogP contribution in [-0.2, 0) is 10.0 Å². The fourth-order valence-corrected chi connectivity index (χ4v) is 1.77. The lowest BCUT2D eigenvalue weighted by atomic mass is 10.2. The highest BCUT2D eigenvalue weighted by atomic mass is 35.5. The van der Waals surface area contributed by atoms with E-state index in [0.717, 1.165) is 11.3 Å². The third-order valence-corrected chi connectivity index (χ3v) is 3.15. The standard InChI is InChI=1S/C9H14ClN3O2S/c1-6-4-8(11)7(10)5-9(6)13-2-3-16(12,14)15/h4-5,13H,2-3,11H2,1H3,(H2,12,14,15). The van der Waals surface area contributed by atoms with Crippen molar-refractivity contribution in [3.63, 3.8) is 0 Å². The van der Waals surface area contributed by atoms with Crippen LogP contribution in [0.25, 0.3) is 0 Å². The summed E-state index contributed by atoms with van der Waals surface area (Å²) in [5.74, 6) is -0.131. The van der Waals surface area contributed by atoms with Gasteiger partial charge in [-0.1, -0.05) is 11.6 Å². The molecule has 5 nitrogen and oxygen atoms in total. The molecule has 90 valence electrons. The third kappa shape index (κ3) is 3.88. The van der Waals surface area contributed by atoms with Crippen LogP contribution in [0.15, 0.2) is 12.1 Å². The number of primary sulfonamides is 1. The van der Waals surface area contributed by atoms with Gasteiger partial charge in [-0.25, -0.2) is 13.6 Å². The van der Waals surface area contributed by atoms with E-state index < -0.39 is 10.0 Å². The number of hydrogen-bond donors (Lipinski definition) is 3. The second-order valence-electron chi connectivity index (χ2n) is 3.48. The van der Waals surface area contributed by atoms with Crippen molar-refractivity contribution in [1.82, 2.24) is 0 Å². The number of hydrogen-bond acceptors (Lipinski definition) is 4. The maximum Gasteiger partial charge on any atom is 0.210 e. The molecule has 0 bridgehead atoms. The summed E-state index contributed by atoms with van der Waals surface area (Å²) in [6, 6.07) is 3.39. The number of nitrogens with one attached hydrogen (secondary N) is 1. The predicted molar refractivity (Wildman–Crippen MR) is 67.1 cm³/mol. The highest BCUT2D eigenvalue weighted by Crippen LogP contribution is 2.26. The molecule has 1 rings (SSSR count). The highest BCUT2D eigenvalue weighted by molar-refractivity contribution is 7.89. The zero-order chi connectivity index (χ0) is 12.3. The van der Waals surface area contributed by atoms with Crippen LogP contribution < -0.4 is 16.2 Å². The molecule has 0 unspecified atom stereocenters. The molecule has 1 aromatic rings. The Bertz CT molecular complexity index is 488. The topological polar surface area (TPSA) is 98.2 Å². The molecule has 0 aliphatic rings. The zero-order valence-corrected chi connectivity index (χ0v) is 10.4. The van der Waals surface area contributed by atoms with E-state index in [1.165, 1.54) is 0 Å². The van der Waals surface area contributed by atoms with Gasteiger partial charge in [-0.3, -0.25) is 0 Å². The summed E-state index contributed by atoms with van der Waals surface area (Å²) in [6.45, 7) is 2.09. The van der Waals surface area contributed by atoms with E-state index in [9.17, 15) is 8.42 Å². The molecule has 0 aliphatic carbocycles. The minimum absolute atomic E-state index is 0.131. The first-order valence-electron chi connectivity index (χ1n) is 4.59. The molecular weight excluding hydrogens is 250 g/mol. The lowest BCUT2D eigenvalue weighted by Crippen LogP contribution is -2.22. The number of aryl methyl sites for hydroxylation is 1. The Morgan fingerprint density at radius 2 is 2.06 bits per heavy atom. The minimum Gasteiger partial charge on any atom is -0.398 e. The molecule has 0 amide bonds. The van der Waals surface area contributed by atoms with Crippen molar-refractivity contribution in [3.05, 3.63) is 22.7 Å². The molecule has 0 saturated heterocycles. The fraction of sp³-hybridized carbons (Fsp3) is 0.333. The van der Waals surface area contributed by atoms with Gasteiger partial charge in [-0.05, 0) is 24.6 Å². The number of anilines is 2. The highest BCUT2D eigenvalue weighted by Gasteiger charge is 2.05. The number of rotatable bonds is 4. The Kier molecular flexibility index (Phi) is 4.01. The normalized spacial score (nSPS) is 11.4. The predicted octanol–water partition coefficient (Wildman–Crippen LogP) is 0.931. The molecule has 16 heavy (non-hydrogen) atoms. The second kappa shape index (κ2) is 4.90. The lowest BCUT2D eigenvalue weighted by molar-refractivity contribution is 0.598. The van der Waals surface area contributed by atoms with Gasteiger partial charge in [0, 0.05) is 12.2 Å². The average molecular weight is 264 g/mol. The summed E-state index contributed by atoms with van der Waals surface area (Å²) in [6.07, 6.45) is 0. The van der Waals surface area contributed by atoms with E-state index in [4.69, 9.17) is 22.5 Å². The second-order valence-corrected chi connectivity index (χ2v) is 5.62. The van der Waals surface area contributed by atoms with Crippen LogP contribution in [0, 0.1) is 6.92 Å². The quantitative estimate of drug-likeness (QED) is 0.704. The molecule has 1 aromatic carbocycles. The van der Waals surface area contributed by atoms with Gasteiger partial charge in [0.25, 0.3) is 0 Å².